The SMILES string of the molecule is CC(C)C1(C)NCCC1O. The van der Waals surface area contributed by atoms with E-state index in [1.165, 1.54) is 0 Å². The fourth-order valence-electron chi connectivity index (χ4n) is 1.48. The van der Waals surface area contributed by atoms with Gasteiger partial charge in [0.05, 0.1) is 6.10 Å². The molecule has 1 rings (SSSR count). The van der Waals surface area contributed by atoms with Crippen LogP contribution in [0.5, 0.6) is 0 Å². The molecule has 0 aromatic rings. The molecule has 0 aromatic heterocycles. The van der Waals surface area contributed by atoms with Crippen molar-refractivity contribution in [1.29, 1.82) is 0 Å². The second kappa shape index (κ2) is 2.51. The van der Waals surface area contributed by atoms with Crippen LogP contribution < -0.4 is 5.32 Å². The molecule has 0 amide bonds. The summed E-state index contributed by atoms with van der Waals surface area (Å²) in [6.45, 7) is 7.33. The van der Waals surface area contributed by atoms with Crippen LogP contribution in [0.2, 0.25) is 0 Å². The number of rotatable bonds is 1. The summed E-state index contributed by atoms with van der Waals surface area (Å²) < 4.78 is 0. The van der Waals surface area contributed by atoms with Crippen LogP contribution in [0.1, 0.15) is 27.2 Å². The number of hydrogen-bond acceptors (Lipinski definition) is 2. The second-order valence-corrected chi connectivity index (χ2v) is 3.67. The normalized spacial score (nSPS) is 41.1. The van der Waals surface area contributed by atoms with Crippen molar-refractivity contribution in [2.45, 2.75) is 38.8 Å². The molecule has 2 N–H and O–H groups in total. The first-order valence-corrected chi connectivity index (χ1v) is 4.00. The van der Waals surface area contributed by atoms with E-state index in [1.54, 1.807) is 0 Å². The fourth-order valence-corrected chi connectivity index (χ4v) is 1.48. The predicted molar refractivity (Wildman–Crippen MR) is 41.9 cm³/mol. The van der Waals surface area contributed by atoms with Gasteiger partial charge in [0.15, 0.2) is 0 Å². The number of aliphatic hydroxyl groups excluding tert-OH is 1. The Morgan fingerprint density at radius 3 is 2.40 bits per heavy atom. The summed E-state index contributed by atoms with van der Waals surface area (Å²) in [7, 11) is 0. The minimum Gasteiger partial charge on any atom is -0.391 e. The highest BCUT2D eigenvalue weighted by atomic mass is 16.3. The lowest BCUT2D eigenvalue weighted by atomic mass is 9.85. The van der Waals surface area contributed by atoms with Gasteiger partial charge in [-0.25, -0.2) is 0 Å². The van der Waals surface area contributed by atoms with Gasteiger partial charge in [-0.1, -0.05) is 13.8 Å². The molecule has 0 aromatic carbocycles. The molecule has 0 saturated carbocycles. The number of aliphatic hydroxyl groups is 1. The molecule has 1 fully saturated rings. The molecule has 1 aliphatic rings. The molecule has 0 bridgehead atoms. The van der Waals surface area contributed by atoms with E-state index in [0.717, 1.165) is 13.0 Å². The van der Waals surface area contributed by atoms with Crippen molar-refractivity contribution in [2.24, 2.45) is 5.92 Å². The Balaban J connectivity index is 2.66. The molecule has 1 saturated heterocycles. The van der Waals surface area contributed by atoms with E-state index in [4.69, 9.17) is 0 Å². The van der Waals surface area contributed by atoms with E-state index >= 15 is 0 Å². The largest absolute Gasteiger partial charge is 0.391 e. The summed E-state index contributed by atoms with van der Waals surface area (Å²) in [5.74, 6) is 0.505. The molecule has 2 unspecified atom stereocenters. The predicted octanol–water partition coefficient (Wildman–Crippen LogP) is 0.755. The van der Waals surface area contributed by atoms with E-state index < -0.39 is 0 Å². The van der Waals surface area contributed by atoms with Crippen LogP contribution in [0.3, 0.4) is 0 Å². The Kier molecular flexibility index (Phi) is 2.02. The van der Waals surface area contributed by atoms with Crippen LogP contribution in [0.4, 0.5) is 0 Å². The van der Waals surface area contributed by atoms with Crippen LogP contribution >= 0.6 is 0 Å². The zero-order chi connectivity index (χ0) is 7.78. The summed E-state index contributed by atoms with van der Waals surface area (Å²) in [6.07, 6.45) is 0.738. The number of hydrogen-bond donors (Lipinski definition) is 2. The van der Waals surface area contributed by atoms with Crippen LogP contribution in [0.15, 0.2) is 0 Å². The molecule has 1 aliphatic heterocycles. The standard InChI is InChI=1S/C8H17NO/c1-6(2)8(3)7(10)4-5-9-8/h6-7,9-10H,4-5H2,1-3H3. The second-order valence-electron chi connectivity index (χ2n) is 3.67. The summed E-state index contributed by atoms with van der Waals surface area (Å²) >= 11 is 0. The van der Waals surface area contributed by atoms with Crippen LogP contribution in [0, 0.1) is 5.92 Å². The van der Waals surface area contributed by atoms with Gasteiger partial charge in [0.25, 0.3) is 0 Å². The quantitative estimate of drug-likeness (QED) is 0.568. The summed E-state index contributed by atoms with van der Waals surface area (Å²) in [6, 6.07) is 0. The molecule has 2 atom stereocenters. The van der Waals surface area contributed by atoms with Crippen LogP contribution in [0.25, 0.3) is 0 Å². The van der Waals surface area contributed by atoms with E-state index in [1.807, 2.05) is 0 Å². The van der Waals surface area contributed by atoms with Gasteiger partial charge in [0, 0.05) is 5.54 Å². The molecule has 1 heterocycles. The maximum atomic E-state index is 9.56. The van der Waals surface area contributed by atoms with Gasteiger partial charge in [0.2, 0.25) is 0 Å². The summed E-state index contributed by atoms with van der Waals surface area (Å²) in [5.41, 5.74) is -0.0417. The zero-order valence-electron chi connectivity index (χ0n) is 7.02. The zero-order valence-corrected chi connectivity index (χ0v) is 7.02. The van der Waals surface area contributed by atoms with Gasteiger partial charge >= 0.3 is 0 Å². The minimum absolute atomic E-state index is 0.0417. The van der Waals surface area contributed by atoms with Gasteiger partial charge in [-0.15, -0.1) is 0 Å². The van der Waals surface area contributed by atoms with Gasteiger partial charge in [0.1, 0.15) is 0 Å². The van der Waals surface area contributed by atoms with Gasteiger partial charge in [-0.05, 0) is 25.8 Å². The first-order valence-electron chi connectivity index (χ1n) is 4.00. The molecule has 10 heavy (non-hydrogen) atoms. The Hall–Kier alpha value is -0.0800. The third kappa shape index (κ3) is 1.06. The lowest BCUT2D eigenvalue weighted by Crippen LogP contribution is -2.49. The summed E-state index contributed by atoms with van der Waals surface area (Å²) in [4.78, 5) is 0. The highest BCUT2D eigenvalue weighted by molar-refractivity contribution is 4.98. The third-order valence-electron chi connectivity index (χ3n) is 2.82. The highest BCUT2D eigenvalue weighted by Gasteiger charge is 2.39. The van der Waals surface area contributed by atoms with E-state index in [9.17, 15) is 5.11 Å². The molecule has 2 heteroatoms. The maximum Gasteiger partial charge on any atom is 0.0733 e. The first kappa shape index (κ1) is 8.02. The minimum atomic E-state index is -0.160. The van der Waals surface area contributed by atoms with E-state index in [0.29, 0.717) is 5.92 Å². The van der Waals surface area contributed by atoms with Gasteiger partial charge in [-0.3, -0.25) is 0 Å². The Morgan fingerprint density at radius 2 is 2.20 bits per heavy atom. The van der Waals surface area contributed by atoms with Gasteiger partial charge in [-0.2, -0.15) is 0 Å². The van der Waals surface area contributed by atoms with Crippen LogP contribution in [-0.2, 0) is 0 Å². The lowest BCUT2D eigenvalue weighted by molar-refractivity contribution is 0.0786. The van der Waals surface area contributed by atoms with Crippen molar-refractivity contribution in [3.63, 3.8) is 0 Å². The maximum absolute atomic E-state index is 9.56. The molecular weight excluding hydrogens is 126 g/mol. The highest BCUT2D eigenvalue weighted by Crippen LogP contribution is 2.26. The van der Waals surface area contributed by atoms with Gasteiger partial charge < -0.3 is 10.4 Å². The Labute approximate surface area is 62.6 Å². The fraction of sp³-hybridized carbons (Fsp3) is 1.00. The molecule has 60 valence electrons. The van der Waals surface area contributed by atoms with Crippen molar-refractivity contribution >= 4 is 0 Å². The van der Waals surface area contributed by atoms with Crippen molar-refractivity contribution in [3.8, 4) is 0 Å². The number of nitrogens with one attached hydrogen (secondary N) is 1. The molecule has 2 nitrogen and oxygen atoms in total. The molecular formula is C8H17NO. The van der Waals surface area contributed by atoms with Crippen molar-refractivity contribution < 1.29 is 5.11 Å². The average molecular weight is 143 g/mol. The average Bonchev–Trinajstić information content (AvgIpc) is 2.15. The van der Waals surface area contributed by atoms with Crippen molar-refractivity contribution in [3.05, 3.63) is 0 Å². The molecule has 0 radical (unpaired) electrons. The lowest BCUT2D eigenvalue weighted by Gasteiger charge is -2.32. The van der Waals surface area contributed by atoms with Crippen molar-refractivity contribution in [1.82, 2.24) is 5.32 Å². The molecule has 0 aliphatic carbocycles. The van der Waals surface area contributed by atoms with E-state index in [-0.39, 0.29) is 11.6 Å². The Bertz CT molecular complexity index is 124. The van der Waals surface area contributed by atoms with E-state index in [2.05, 4.69) is 26.1 Å². The Morgan fingerprint density at radius 1 is 1.60 bits per heavy atom. The third-order valence-corrected chi connectivity index (χ3v) is 2.82. The monoisotopic (exact) mass is 143 g/mol. The van der Waals surface area contributed by atoms with Crippen LogP contribution in [-0.4, -0.2) is 23.3 Å². The first-order chi connectivity index (χ1) is 4.57. The summed E-state index contributed by atoms with van der Waals surface area (Å²) in [5, 5.41) is 12.9. The topological polar surface area (TPSA) is 32.3 Å². The van der Waals surface area contributed by atoms with Crippen molar-refractivity contribution in [2.75, 3.05) is 6.54 Å². The smallest absolute Gasteiger partial charge is 0.0733 e. The molecule has 0 spiro atoms.